The third kappa shape index (κ3) is 5.88. The fourth-order valence-electron chi connectivity index (χ4n) is 0.608. The lowest BCUT2D eigenvalue weighted by Gasteiger charge is -2.09. The lowest BCUT2D eigenvalue weighted by atomic mass is 10.2. The Hall–Kier alpha value is -0.250. The van der Waals surface area contributed by atoms with E-state index in [1.165, 1.54) is 6.92 Å². The van der Waals surface area contributed by atoms with Crippen LogP contribution in [0, 0.1) is 0 Å². The Bertz CT molecular complexity index is 77.4. The lowest BCUT2D eigenvalue weighted by molar-refractivity contribution is -0.159. The predicted molar refractivity (Wildman–Crippen MR) is 31.8 cm³/mol. The molecule has 0 aliphatic rings. The molecule has 0 aromatic rings. The van der Waals surface area contributed by atoms with Crippen molar-refractivity contribution < 1.29 is 17.9 Å². The van der Waals surface area contributed by atoms with E-state index in [2.05, 4.69) is 4.74 Å². The summed E-state index contributed by atoms with van der Waals surface area (Å²) in [5.41, 5.74) is 0. The standard InChI is InChI=1S/C6H11F3O/c1-5(3-2-4-7)10-6(8)9/h5-6H,2-4H2,1H3. The van der Waals surface area contributed by atoms with Crippen LogP contribution in [0.25, 0.3) is 0 Å². The highest BCUT2D eigenvalue weighted by atomic mass is 19.3. The molecule has 0 aromatic heterocycles. The van der Waals surface area contributed by atoms with Gasteiger partial charge in [-0.15, -0.1) is 0 Å². The van der Waals surface area contributed by atoms with Crippen LogP contribution >= 0.6 is 0 Å². The van der Waals surface area contributed by atoms with Gasteiger partial charge in [-0.25, -0.2) is 0 Å². The summed E-state index contributed by atoms with van der Waals surface area (Å²) in [5, 5.41) is 0. The molecule has 0 rings (SSSR count). The molecule has 10 heavy (non-hydrogen) atoms. The molecule has 0 bridgehead atoms. The summed E-state index contributed by atoms with van der Waals surface area (Å²) < 4.78 is 38.3. The van der Waals surface area contributed by atoms with Gasteiger partial charge in [-0.2, -0.15) is 8.78 Å². The van der Waals surface area contributed by atoms with Crippen LogP contribution in [-0.2, 0) is 4.74 Å². The molecule has 1 atom stereocenters. The van der Waals surface area contributed by atoms with Gasteiger partial charge in [0.05, 0.1) is 12.8 Å². The number of rotatable bonds is 5. The Kier molecular flexibility index (Phi) is 5.39. The maximum atomic E-state index is 11.4. The van der Waals surface area contributed by atoms with Crippen molar-refractivity contribution in [2.75, 3.05) is 6.67 Å². The van der Waals surface area contributed by atoms with E-state index in [1.54, 1.807) is 0 Å². The molecule has 0 heterocycles. The second kappa shape index (κ2) is 5.53. The Morgan fingerprint density at radius 1 is 1.40 bits per heavy atom. The molecule has 0 N–H and O–H groups in total. The highest BCUT2D eigenvalue weighted by Crippen LogP contribution is 2.06. The second-order valence-electron chi connectivity index (χ2n) is 2.04. The topological polar surface area (TPSA) is 9.23 Å². The summed E-state index contributed by atoms with van der Waals surface area (Å²) in [5.74, 6) is 0. The first-order chi connectivity index (χ1) is 4.66. The van der Waals surface area contributed by atoms with Gasteiger partial charge in [-0.1, -0.05) is 0 Å². The molecular weight excluding hydrogens is 145 g/mol. The summed E-state index contributed by atoms with van der Waals surface area (Å²) in [6.07, 6.45) is 0.0881. The molecule has 0 saturated carbocycles. The molecule has 0 aliphatic heterocycles. The zero-order valence-electron chi connectivity index (χ0n) is 5.82. The van der Waals surface area contributed by atoms with Crippen LogP contribution in [0.4, 0.5) is 13.2 Å². The summed E-state index contributed by atoms with van der Waals surface area (Å²) >= 11 is 0. The van der Waals surface area contributed by atoms with Crippen molar-refractivity contribution in [2.24, 2.45) is 0 Å². The average Bonchev–Trinajstić information content (AvgIpc) is 1.82. The minimum Gasteiger partial charge on any atom is -0.320 e. The molecule has 4 heteroatoms. The molecule has 0 aromatic carbocycles. The van der Waals surface area contributed by atoms with E-state index < -0.39 is 19.4 Å². The van der Waals surface area contributed by atoms with Crippen molar-refractivity contribution in [3.63, 3.8) is 0 Å². The van der Waals surface area contributed by atoms with Gasteiger partial charge in [0.15, 0.2) is 0 Å². The van der Waals surface area contributed by atoms with Crippen LogP contribution in [0.2, 0.25) is 0 Å². The largest absolute Gasteiger partial charge is 0.345 e. The molecule has 1 nitrogen and oxygen atoms in total. The molecule has 0 amide bonds. The summed E-state index contributed by atoms with van der Waals surface area (Å²) in [6, 6.07) is 0. The normalized spacial score (nSPS) is 14.1. The maximum absolute atomic E-state index is 11.4. The van der Waals surface area contributed by atoms with E-state index in [0.717, 1.165) is 0 Å². The van der Waals surface area contributed by atoms with Crippen LogP contribution in [0.3, 0.4) is 0 Å². The Labute approximate surface area is 58.2 Å². The number of hydrogen-bond donors (Lipinski definition) is 0. The smallest absolute Gasteiger partial charge is 0.320 e. The SMILES string of the molecule is CC(CCCF)OC(F)F. The van der Waals surface area contributed by atoms with Crippen molar-refractivity contribution in [1.82, 2.24) is 0 Å². The third-order valence-electron chi connectivity index (χ3n) is 1.08. The van der Waals surface area contributed by atoms with E-state index in [-0.39, 0.29) is 6.42 Å². The monoisotopic (exact) mass is 156 g/mol. The van der Waals surface area contributed by atoms with E-state index in [1.807, 2.05) is 0 Å². The van der Waals surface area contributed by atoms with Gasteiger partial charge in [0.25, 0.3) is 0 Å². The number of ether oxygens (including phenoxy) is 1. The van der Waals surface area contributed by atoms with Crippen molar-refractivity contribution in [3.8, 4) is 0 Å². The van der Waals surface area contributed by atoms with Crippen LogP contribution in [0.1, 0.15) is 19.8 Å². The fourth-order valence-corrected chi connectivity index (χ4v) is 0.608. The van der Waals surface area contributed by atoms with Gasteiger partial charge in [0, 0.05) is 0 Å². The van der Waals surface area contributed by atoms with E-state index >= 15 is 0 Å². The molecule has 0 aliphatic carbocycles. The zero-order chi connectivity index (χ0) is 7.98. The highest BCUT2D eigenvalue weighted by Gasteiger charge is 2.08. The van der Waals surface area contributed by atoms with E-state index in [9.17, 15) is 13.2 Å². The molecule has 1 unspecified atom stereocenters. The Morgan fingerprint density at radius 3 is 2.40 bits per heavy atom. The van der Waals surface area contributed by atoms with Gasteiger partial charge < -0.3 is 4.74 Å². The fraction of sp³-hybridized carbons (Fsp3) is 1.00. The molecule has 62 valence electrons. The van der Waals surface area contributed by atoms with Crippen LogP contribution < -0.4 is 0 Å². The predicted octanol–water partition coefficient (Wildman–Crippen LogP) is 2.36. The van der Waals surface area contributed by atoms with Gasteiger partial charge in [-0.05, 0) is 19.8 Å². The van der Waals surface area contributed by atoms with Gasteiger partial charge in [-0.3, -0.25) is 4.39 Å². The van der Waals surface area contributed by atoms with E-state index in [0.29, 0.717) is 6.42 Å². The number of halogens is 3. The quantitative estimate of drug-likeness (QED) is 0.593. The van der Waals surface area contributed by atoms with Crippen molar-refractivity contribution >= 4 is 0 Å². The second-order valence-corrected chi connectivity index (χ2v) is 2.04. The minimum absolute atomic E-state index is 0.286. The number of hydrogen-bond acceptors (Lipinski definition) is 1. The van der Waals surface area contributed by atoms with Crippen molar-refractivity contribution in [1.29, 1.82) is 0 Å². The molecule has 0 spiro atoms. The molecular formula is C6H11F3O. The summed E-state index contributed by atoms with van der Waals surface area (Å²) in [6.45, 7) is -1.71. The zero-order valence-corrected chi connectivity index (χ0v) is 5.82. The van der Waals surface area contributed by atoms with Crippen molar-refractivity contribution in [2.45, 2.75) is 32.5 Å². The van der Waals surface area contributed by atoms with Crippen LogP contribution in [-0.4, -0.2) is 19.4 Å². The molecule has 0 saturated heterocycles. The molecule has 0 radical (unpaired) electrons. The average molecular weight is 156 g/mol. The Balaban J connectivity index is 3.16. The van der Waals surface area contributed by atoms with Gasteiger partial charge >= 0.3 is 6.61 Å². The molecule has 0 fully saturated rings. The Morgan fingerprint density at radius 2 is 2.00 bits per heavy atom. The third-order valence-corrected chi connectivity index (χ3v) is 1.08. The van der Waals surface area contributed by atoms with Gasteiger partial charge in [0.1, 0.15) is 0 Å². The van der Waals surface area contributed by atoms with Crippen LogP contribution in [0.5, 0.6) is 0 Å². The summed E-state index contributed by atoms with van der Waals surface area (Å²) in [7, 11) is 0. The lowest BCUT2D eigenvalue weighted by Crippen LogP contribution is -2.12. The summed E-state index contributed by atoms with van der Waals surface area (Å²) in [4.78, 5) is 0. The maximum Gasteiger partial charge on any atom is 0.345 e. The first-order valence-electron chi connectivity index (χ1n) is 3.16. The first-order valence-corrected chi connectivity index (χ1v) is 3.16. The first kappa shape index (κ1) is 9.75. The highest BCUT2D eigenvalue weighted by molar-refractivity contribution is 4.48. The number of alkyl halides is 3. The van der Waals surface area contributed by atoms with E-state index in [4.69, 9.17) is 0 Å². The van der Waals surface area contributed by atoms with Gasteiger partial charge in [0.2, 0.25) is 0 Å². The van der Waals surface area contributed by atoms with Crippen LogP contribution in [0.15, 0.2) is 0 Å². The minimum atomic E-state index is -2.74. The van der Waals surface area contributed by atoms with Crippen molar-refractivity contribution in [3.05, 3.63) is 0 Å².